The van der Waals surface area contributed by atoms with Gasteiger partial charge in [0.15, 0.2) is 5.13 Å². The number of amides is 2. The molecule has 0 aliphatic carbocycles. The molecule has 1 fully saturated rings. The van der Waals surface area contributed by atoms with Crippen LogP contribution in [0.3, 0.4) is 0 Å². The van der Waals surface area contributed by atoms with Gasteiger partial charge in [0.25, 0.3) is 5.91 Å². The number of para-hydroxylation sites is 1. The van der Waals surface area contributed by atoms with Gasteiger partial charge in [-0.05, 0) is 23.6 Å². The summed E-state index contributed by atoms with van der Waals surface area (Å²) in [5.74, 6) is -0.196. The van der Waals surface area contributed by atoms with Gasteiger partial charge in [0.1, 0.15) is 10.3 Å². The number of anilines is 2. The first kappa shape index (κ1) is 16.9. The second kappa shape index (κ2) is 6.17. The van der Waals surface area contributed by atoms with E-state index >= 15 is 0 Å². The van der Waals surface area contributed by atoms with Gasteiger partial charge < -0.3 is 16.0 Å². The molecule has 2 aliphatic heterocycles. The van der Waals surface area contributed by atoms with E-state index in [9.17, 15) is 9.59 Å². The number of fused-ring (bicyclic) bond motifs is 2. The van der Waals surface area contributed by atoms with Gasteiger partial charge in [-0.15, -0.1) is 0 Å². The summed E-state index contributed by atoms with van der Waals surface area (Å²) >= 11 is 1.17. The highest BCUT2D eigenvalue weighted by Crippen LogP contribution is 2.55. The molecular weight excluding hydrogens is 372 g/mol. The third-order valence-electron chi connectivity index (χ3n) is 5.70. The van der Waals surface area contributed by atoms with Gasteiger partial charge in [0.05, 0.1) is 12.2 Å². The first-order valence-electron chi connectivity index (χ1n) is 9.09. The Balaban J connectivity index is 1.67. The molecule has 3 aromatic rings. The van der Waals surface area contributed by atoms with E-state index in [-0.39, 0.29) is 11.8 Å². The van der Waals surface area contributed by atoms with Gasteiger partial charge in [-0.2, -0.15) is 0 Å². The number of nitrogens with zero attached hydrogens (tertiary/aromatic N) is 2. The minimum atomic E-state index is -0.802. The van der Waals surface area contributed by atoms with Crippen LogP contribution in [-0.2, 0) is 10.2 Å². The molecule has 0 saturated carbocycles. The molecule has 2 unspecified atom stereocenters. The van der Waals surface area contributed by atoms with Crippen molar-refractivity contribution in [1.29, 1.82) is 0 Å². The highest BCUT2D eigenvalue weighted by molar-refractivity contribution is 7.17. The third kappa shape index (κ3) is 2.29. The molecule has 5 rings (SSSR count). The number of benzene rings is 2. The summed E-state index contributed by atoms with van der Waals surface area (Å²) in [7, 11) is 0. The summed E-state index contributed by atoms with van der Waals surface area (Å²) in [6.07, 6.45) is 2.08. The molecular formula is C21H18N4O2S. The van der Waals surface area contributed by atoms with E-state index in [1.807, 2.05) is 54.6 Å². The van der Waals surface area contributed by atoms with Gasteiger partial charge >= 0.3 is 0 Å². The molecule has 28 heavy (non-hydrogen) atoms. The molecule has 2 aliphatic rings. The van der Waals surface area contributed by atoms with E-state index in [0.29, 0.717) is 23.0 Å². The minimum Gasteiger partial charge on any atom is -0.375 e. The molecule has 2 aromatic carbocycles. The molecule has 3 N–H and O–H groups in total. The molecule has 140 valence electrons. The number of hydrogen-bond donors (Lipinski definition) is 2. The smallest absolute Gasteiger partial charge is 0.266 e. The van der Waals surface area contributed by atoms with Crippen molar-refractivity contribution in [3.8, 4) is 0 Å². The summed E-state index contributed by atoms with van der Waals surface area (Å²) < 4.78 is 0. The van der Waals surface area contributed by atoms with Crippen molar-refractivity contribution >= 4 is 34.0 Å². The summed E-state index contributed by atoms with van der Waals surface area (Å²) in [5, 5.41) is 3.39. The number of carbonyl (C=O) groups is 2. The van der Waals surface area contributed by atoms with Gasteiger partial charge in [0.2, 0.25) is 5.91 Å². The fourth-order valence-electron chi connectivity index (χ4n) is 4.53. The van der Waals surface area contributed by atoms with Crippen LogP contribution in [0.1, 0.15) is 33.3 Å². The minimum absolute atomic E-state index is 0.0540. The number of nitrogen functional groups attached to an aromatic ring is 1. The number of carbonyl (C=O) groups excluding carboxylic acids is 2. The number of rotatable bonds is 2. The van der Waals surface area contributed by atoms with E-state index in [2.05, 4.69) is 10.3 Å². The van der Waals surface area contributed by atoms with E-state index in [4.69, 9.17) is 5.73 Å². The Morgan fingerprint density at radius 3 is 2.68 bits per heavy atom. The molecule has 2 amide bonds. The maximum Gasteiger partial charge on any atom is 0.266 e. The number of nitrogens with one attached hydrogen (secondary N) is 1. The van der Waals surface area contributed by atoms with Crippen molar-refractivity contribution < 1.29 is 9.59 Å². The second-order valence-corrected chi connectivity index (χ2v) is 8.16. The Labute approximate surface area is 166 Å². The Kier molecular flexibility index (Phi) is 3.73. The molecule has 0 bridgehead atoms. The lowest BCUT2D eigenvalue weighted by Crippen LogP contribution is -2.42. The third-order valence-corrected chi connectivity index (χ3v) is 6.51. The standard InChI is InChI=1S/C21H18N4O2S/c22-20-23-12-16(28-20)18(26)25-11-10-21(17(25)13-6-2-1-3-7-13)14-8-4-5-9-15(14)24-19(21)27/h1-9,12,17H,10-11H2,(H2,22,23)(H,24,27). The highest BCUT2D eigenvalue weighted by atomic mass is 32.1. The average Bonchev–Trinajstić information content (AvgIpc) is 3.40. The quantitative estimate of drug-likeness (QED) is 0.703. The van der Waals surface area contributed by atoms with E-state index in [1.54, 1.807) is 4.90 Å². The predicted octanol–water partition coefficient (Wildman–Crippen LogP) is 3.20. The molecule has 7 heteroatoms. The zero-order valence-electron chi connectivity index (χ0n) is 15.0. The van der Waals surface area contributed by atoms with E-state index in [1.165, 1.54) is 17.5 Å². The second-order valence-electron chi connectivity index (χ2n) is 7.10. The zero-order chi connectivity index (χ0) is 19.3. The lowest BCUT2D eigenvalue weighted by atomic mass is 9.72. The lowest BCUT2D eigenvalue weighted by molar-refractivity contribution is -0.121. The van der Waals surface area contributed by atoms with Crippen LogP contribution in [-0.4, -0.2) is 28.2 Å². The van der Waals surface area contributed by atoms with E-state index < -0.39 is 11.5 Å². The SMILES string of the molecule is Nc1ncc(C(=O)N2CCC3(C(=O)Nc4ccccc43)C2c2ccccc2)s1. The number of likely N-dealkylation sites (tertiary alicyclic amines) is 1. The normalized spacial score (nSPS) is 23.1. The zero-order valence-corrected chi connectivity index (χ0v) is 15.8. The van der Waals surface area contributed by atoms with Crippen LogP contribution < -0.4 is 11.1 Å². The molecule has 1 spiro atoms. The van der Waals surface area contributed by atoms with Crippen molar-refractivity contribution in [1.82, 2.24) is 9.88 Å². The number of nitrogens with two attached hydrogens (primary N) is 1. The molecule has 2 atom stereocenters. The molecule has 3 heterocycles. The van der Waals surface area contributed by atoms with Gasteiger partial charge in [-0.25, -0.2) is 4.98 Å². The number of aromatic nitrogens is 1. The van der Waals surface area contributed by atoms with Gasteiger partial charge in [0, 0.05) is 12.2 Å². The van der Waals surface area contributed by atoms with Crippen LogP contribution in [0.4, 0.5) is 10.8 Å². The van der Waals surface area contributed by atoms with Crippen molar-refractivity contribution in [2.75, 3.05) is 17.6 Å². The van der Waals surface area contributed by atoms with Crippen molar-refractivity contribution in [2.45, 2.75) is 17.9 Å². The summed E-state index contributed by atoms with van der Waals surface area (Å²) in [5.41, 5.74) is 7.65. The number of thiazole rings is 1. The Bertz CT molecular complexity index is 1080. The van der Waals surface area contributed by atoms with E-state index in [0.717, 1.165) is 16.8 Å². The largest absolute Gasteiger partial charge is 0.375 e. The Hall–Kier alpha value is -3.19. The molecule has 6 nitrogen and oxygen atoms in total. The Morgan fingerprint density at radius 2 is 1.93 bits per heavy atom. The first-order valence-corrected chi connectivity index (χ1v) is 9.91. The first-order chi connectivity index (χ1) is 13.6. The van der Waals surface area contributed by atoms with Crippen LogP contribution in [0.25, 0.3) is 0 Å². The topological polar surface area (TPSA) is 88.3 Å². The van der Waals surface area contributed by atoms with Crippen LogP contribution in [0, 0.1) is 0 Å². The van der Waals surface area contributed by atoms with Gasteiger partial charge in [-0.3, -0.25) is 9.59 Å². The monoisotopic (exact) mass is 390 g/mol. The predicted molar refractivity (Wildman–Crippen MR) is 108 cm³/mol. The lowest BCUT2D eigenvalue weighted by Gasteiger charge is -2.34. The average molecular weight is 390 g/mol. The molecule has 0 radical (unpaired) electrons. The molecule has 1 saturated heterocycles. The fraction of sp³-hybridized carbons (Fsp3) is 0.190. The summed E-state index contributed by atoms with van der Waals surface area (Å²) in [4.78, 5) is 32.9. The van der Waals surface area contributed by atoms with Crippen molar-refractivity contribution in [2.24, 2.45) is 0 Å². The van der Waals surface area contributed by atoms with Crippen LogP contribution in [0.2, 0.25) is 0 Å². The number of hydrogen-bond acceptors (Lipinski definition) is 5. The Morgan fingerprint density at radius 1 is 1.18 bits per heavy atom. The van der Waals surface area contributed by atoms with Crippen LogP contribution in [0.5, 0.6) is 0 Å². The highest BCUT2D eigenvalue weighted by Gasteiger charge is 2.59. The van der Waals surface area contributed by atoms with Crippen LogP contribution >= 0.6 is 11.3 Å². The molecule has 1 aromatic heterocycles. The van der Waals surface area contributed by atoms with Crippen LogP contribution in [0.15, 0.2) is 60.8 Å². The van der Waals surface area contributed by atoms with Crippen molar-refractivity contribution in [3.05, 3.63) is 76.8 Å². The van der Waals surface area contributed by atoms with Gasteiger partial charge in [-0.1, -0.05) is 59.9 Å². The maximum atomic E-state index is 13.3. The fourth-order valence-corrected chi connectivity index (χ4v) is 5.17. The maximum absolute atomic E-state index is 13.3. The van der Waals surface area contributed by atoms with Crippen molar-refractivity contribution in [3.63, 3.8) is 0 Å². The summed E-state index contributed by atoms with van der Waals surface area (Å²) in [6.45, 7) is 0.484. The summed E-state index contributed by atoms with van der Waals surface area (Å²) in [6, 6.07) is 17.1.